The second-order valence-corrected chi connectivity index (χ2v) is 6.96. The van der Waals surface area contributed by atoms with Gasteiger partial charge in [0.25, 0.3) is 0 Å². The molecule has 0 bridgehead atoms. The number of ether oxygens (including phenoxy) is 1. The fourth-order valence-electron chi connectivity index (χ4n) is 3.38. The van der Waals surface area contributed by atoms with Gasteiger partial charge in [-0.3, -0.25) is 9.59 Å². The molecule has 0 aromatic heterocycles. The molecule has 4 atom stereocenters. The van der Waals surface area contributed by atoms with Crippen LogP contribution in [0, 0.1) is 22.7 Å². The Balaban J connectivity index is 1.96. The quantitative estimate of drug-likeness (QED) is 0.806. The number of carbonyl (C=O) groups excluding carboxylic acids is 1. The normalized spacial score (nSPS) is 38.2. The molecule has 19 heavy (non-hydrogen) atoms. The molecule has 5 nitrogen and oxygen atoms in total. The third-order valence-electron chi connectivity index (χ3n) is 5.15. The molecule has 0 aromatic carbocycles. The number of hydrogen-bond donors (Lipinski definition) is 2. The fraction of sp³-hybridized carbons (Fsp3) is 0.857. The second-order valence-electron chi connectivity index (χ2n) is 6.96. The zero-order valence-corrected chi connectivity index (χ0v) is 12.2. The summed E-state index contributed by atoms with van der Waals surface area (Å²) in [6, 6.07) is 0.0656. The van der Waals surface area contributed by atoms with Gasteiger partial charge in [0.2, 0.25) is 5.91 Å². The van der Waals surface area contributed by atoms with Crippen molar-refractivity contribution in [3.8, 4) is 0 Å². The average Bonchev–Trinajstić information content (AvgIpc) is 2.87. The Labute approximate surface area is 113 Å². The number of hydrogen-bond acceptors (Lipinski definition) is 3. The number of carboxylic acids is 1. The molecule has 2 rings (SSSR count). The van der Waals surface area contributed by atoms with Crippen molar-refractivity contribution in [2.24, 2.45) is 22.7 Å². The zero-order chi connectivity index (χ0) is 14.6. The van der Waals surface area contributed by atoms with Crippen molar-refractivity contribution in [2.45, 2.75) is 46.3 Å². The summed E-state index contributed by atoms with van der Waals surface area (Å²) in [5, 5.41) is 12.1. The van der Waals surface area contributed by atoms with Gasteiger partial charge in [-0.25, -0.2) is 0 Å². The van der Waals surface area contributed by atoms with E-state index in [1.807, 2.05) is 13.8 Å². The maximum Gasteiger partial charge on any atom is 0.307 e. The molecule has 0 saturated heterocycles. The van der Waals surface area contributed by atoms with E-state index in [2.05, 4.69) is 19.2 Å². The molecule has 2 aliphatic rings. The van der Waals surface area contributed by atoms with Crippen LogP contribution in [0.1, 0.15) is 34.1 Å². The summed E-state index contributed by atoms with van der Waals surface area (Å²) >= 11 is 0. The highest BCUT2D eigenvalue weighted by molar-refractivity contribution is 5.91. The van der Waals surface area contributed by atoms with Gasteiger partial charge in [-0.2, -0.15) is 0 Å². The lowest BCUT2D eigenvalue weighted by atomic mass is 9.64. The van der Waals surface area contributed by atoms with Gasteiger partial charge in [-0.1, -0.05) is 27.7 Å². The van der Waals surface area contributed by atoms with Crippen molar-refractivity contribution >= 4 is 11.9 Å². The van der Waals surface area contributed by atoms with Crippen molar-refractivity contribution in [1.29, 1.82) is 0 Å². The first-order valence-corrected chi connectivity index (χ1v) is 6.70. The van der Waals surface area contributed by atoms with Crippen LogP contribution in [-0.4, -0.2) is 36.2 Å². The molecule has 2 unspecified atom stereocenters. The van der Waals surface area contributed by atoms with Crippen molar-refractivity contribution in [3.63, 3.8) is 0 Å². The maximum atomic E-state index is 12.2. The fourth-order valence-corrected chi connectivity index (χ4v) is 3.38. The molecule has 0 aliphatic heterocycles. The number of carboxylic acid groups (broad SMARTS) is 1. The van der Waals surface area contributed by atoms with E-state index in [1.54, 1.807) is 7.11 Å². The van der Waals surface area contributed by atoms with E-state index in [1.165, 1.54) is 0 Å². The minimum absolute atomic E-state index is 0.0656. The van der Waals surface area contributed by atoms with Crippen molar-refractivity contribution in [3.05, 3.63) is 0 Å². The first kappa shape index (κ1) is 14.3. The van der Waals surface area contributed by atoms with Crippen molar-refractivity contribution in [1.82, 2.24) is 5.32 Å². The second kappa shape index (κ2) is 4.20. The van der Waals surface area contributed by atoms with Crippen LogP contribution < -0.4 is 5.32 Å². The molecule has 2 N–H and O–H groups in total. The van der Waals surface area contributed by atoms with Crippen LogP contribution in [-0.2, 0) is 14.3 Å². The lowest BCUT2D eigenvalue weighted by molar-refractivity contribution is -0.142. The summed E-state index contributed by atoms with van der Waals surface area (Å²) in [6.45, 7) is 7.78. The van der Waals surface area contributed by atoms with Gasteiger partial charge in [0.1, 0.15) is 0 Å². The molecule has 1 amide bonds. The number of amides is 1. The van der Waals surface area contributed by atoms with Crippen LogP contribution in [0.5, 0.6) is 0 Å². The first-order chi connectivity index (χ1) is 8.64. The van der Waals surface area contributed by atoms with Crippen molar-refractivity contribution < 1.29 is 19.4 Å². The summed E-state index contributed by atoms with van der Waals surface area (Å²) in [7, 11) is 1.68. The topological polar surface area (TPSA) is 75.6 Å². The summed E-state index contributed by atoms with van der Waals surface area (Å²) in [5.74, 6) is -1.99. The minimum atomic E-state index is -0.882. The van der Waals surface area contributed by atoms with Gasteiger partial charge in [-0.05, 0) is 11.8 Å². The Morgan fingerprint density at radius 2 is 1.74 bits per heavy atom. The van der Waals surface area contributed by atoms with Gasteiger partial charge in [0, 0.05) is 18.6 Å². The van der Waals surface area contributed by atoms with E-state index >= 15 is 0 Å². The van der Waals surface area contributed by atoms with E-state index in [9.17, 15) is 9.59 Å². The molecule has 0 spiro atoms. The molecule has 2 saturated carbocycles. The largest absolute Gasteiger partial charge is 0.481 e. The number of rotatable bonds is 4. The van der Waals surface area contributed by atoms with Crippen molar-refractivity contribution in [2.75, 3.05) is 7.11 Å². The Bertz CT molecular complexity index is 416. The highest BCUT2D eigenvalue weighted by Gasteiger charge is 2.66. The third kappa shape index (κ3) is 2.04. The van der Waals surface area contributed by atoms with Crippen LogP contribution in [0.15, 0.2) is 0 Å². The molecule has 5 heteroatoms. The molecule has 0 radical (unpaired) electrons. The van der Waals surface area contributed by atoms with E-state index in [0.29, 0.717) is 0 Å². The van der Waals surface area contributed by atoms with Gasteiger partial charge in [-0.15, -0.1) is 0 Å². The van der Waals surface area contributed by atoms with Crippen LogP contribution >= 0.6 is 0 Å². The third-order valence-corrected chi connectivity index (χ3v) is 5.15. The number of nitrogens with one attached hydrogen (secondary N) is 1. The minimum Gasteiger partial charge on any atom is -0.481 e. The van der Waals surface area contributed by atoms with Gasteiger partial charge in [0.15, 0.2) is 0 Å². The maximum absolute atomic E-state index is 12.2. The predicted octanol–water partition coefficient (Wildman–Crippen LogP) is 1.27. The monoisotopic (exact) mass is 269 g/mol. The molecule has 0 heterocycles. The number of aliphatic carboxylic acids is 1. The summed E-state index contributed by atoms with van der Waals surface area (Å²) in [5.41, 5.74) is -0.535. The summed E-state index contributed by atoms with van der Waals surface area (Å²) in [4.78, 5) is 23.3. The smallest absolute Gasteiger partial charge is 0.307 e. The van der Waals surface area contributed by atoms with Crippen LogP contribution in [0.3, 0.4) is 0 Å². The van der Waals surface area contributed by atoms with E-state index in [4.69, 9.17) is 9.84 Å². The standard InChI is InChI=1S/C14H23NO4/c1-13(2)7(6-8(13)19-5)15-11(16)9-10(12(17)18)14(9,3)4/h7-10H,6H2,1-5H3,(H,15,16)(H,17,18)/t7?,8?,9-,10+/m1/s1. The number of methoxy groups -OCH3 is 1. The molecule has 108 valence electrons. The highest BCUT2D eigenvalue weighted by atomic mass is 16.5. The van der Waals surface area contributed by atoms with Crippen LogP contribution in [0.4, 0.5) is 0 Å². The van der Waals surface area contributed by atoms with E-state index < -0.39 is 23.2 Å². The molecule has 0 aromatic rings. The SMILES string of the molecule is COC1CC(NC(=O)[C@H]2[C@@H](C(=O)O)C2(C)C)C1(C)C. The van der Waals surface area contributed by atoms with Gasteiger partial charge >= 0.3 is 5.97 Å². The molecular formula is C14H23NO4. The molecular weight excluding hydrogens is 246 g/mol. The van der Waals surface area contributed by atoms with Crippen LogP contribution in [0.25, 0.3) is 0 Å². The van der Waals surface area contributed by atoms with Gasteiger partial charge < -0.3 is 15.2 Å². The Hall–Kier alpha value is -1.10. The Morgan fingerprint density at radius 3 is 2.11 bits per heavy atom. The lowest BCUT2D eigenvalue weighted by Crippen LogP contribution is -2.62. The summed E-state index contributed by atoms with van der Waals surface area (Å²) in [6.07, 6.45) is 0.945. The van der Waals surface area contributed by atoms with Gasteiger partial charge in [0.05, 0.1) is 17.9 Å². The highest BCUT2D eigenvalue weighted by Crippen LogP contribution is 2.58. The molecule has 2 aliphatic carbocycles. The zero-order valence-electron chi connectivity index (χ0n) is 12.2. The van der Waals surface area contributed by atoms with E-state index in [0.717, 1.165) is 6.42 Å². The molecule has 2 fully saturated rings. The average molecular weight is 269 g/mol. The first-order valence-electron chi connectivity index (χ1n) is 6.70. The Morgan fingerprint density at radius 1 is 1.16 bits per heavy atom. The Kier molecular flexibility index (Phi) is 3.16. The lowest BCUT2D eigenvalue weighted by Gasteiger charge is -2.51. The predicted molar refractivity (Wildman–Crippen MR) is 69.5 cm³/mol. The van der Waals surface area contributed by atoms with E-state index in [-0.39, 0.29) is 23.5 Å². The number of carbonyl (C=O) groups is 2. The summed E-state index contributed by atoms with van der Waals surface area (Å²) < 4.78 is 5.34. The van der Waals surface area contributed by atoms with Crippen LogP contribution in [0.2, 0.25) is 0 Å².